The van der Waals surface area contributed by atoms with Crippen molar-refractivity contribution in [3.63, 3.8) is 0 Å². The fourth-order valence-corrected chi connectivity index (χ4v) is 5.86. The maximum atomic E-state index is 12.8. The van der Waals surface area contributed by atoms with Crippen molar-refractivity contribution in [2.45, 2.75) is 30.5 Å². The molecule has 6 nitrogen and oxygen atoms in total. The molecule has 0 radical (unpaired) electrons. The third-order valence-electron chi connectivity index (χ3n) is 5.03. The van der Waals surface area contributed by atoms with Crippen molar-refractivity contribution in [3.8, 4) is 0 Å². The molecular weight excluding hydrogens is 358 g/mol. The van der Waals surface area contributed by atoms with Gasteiger partial charge in [0.1, 0.15) is 30.6 Å². The molecule has 0 spiro atoms. The summed E-state index contributed by atoms with van der Waals surface area (Å²) < 4.78 is 7.00. The topological polar surface area (TPSA) is 68.8 Å². The fraction of sp³-hybridized carbons (Fsp3) is 0.647. The summed E-state index contributed by atoms with van der Waals surface area (Å²) in [7, 11) is 1.79. The molecule has 2 N–H and O–H groups in total. The number of ether oxygens (including phenoxy) is 1. The molecule has 0 bridgehead atoms. The van der Waals surface area contributed by atoms with E-state index >= 15 is 0 Å². The molecule has 0 saturated carbocycles. The van der Waals surface area contributed by atoms with Crippen LogP contribution in [-0.2, 0) is 24.6 Å². The van der Waals surface area contributed by atoms with Gasteiger partial charge in [-0.25, -0.2) is 4.98 Å². The van der Waals surface area contributed by atoms with Crippen molar-refractivity contribution in [1.29, 1.82) is 0 Å². The Morgan fingerprint density at radius 3 is 3.00 bits per heavy atom. The van der Waals surface area contributed by atoms with E-state index in [0.717, 1.165) is 62.3 Å². The average molecular weight is 383 g/mol. The lowest BCUT2D eigenvalue weighted by atomic mass is 10.2. The highest BCUT2D eigenvalue weighted by Gasteiger charge is 2.23. The van der Waals surface area contributed by atoms with Gasteiger partial charge in [-0.1, -0.05) is 11.8 Å². The number of aryl methyl sites for hydroxylation is 2. The molecule has 1 atom stereocenters. The van der Waals surface area contributed by atoms with E-state index in [1.165, 1.54) is 27.1 Å². The van der Waals surface area contributed by atoms with E-state index in [9.17, 15) is 9.90 Å². The van der Waals surface area contributed by atoms with E-state index in [0.29, 0.717) is 10.9 Å². The minimum Gasteiger partial charge on any atom is -0.386 e. The number of thioether (sulfide) groups is 1. The molecule has 0 amide bonds. The number of morpholine rings is 1. The number of aliphatic hydroxyl groups is 1. The molecule has 2 aliphatic rings. The van der Waals surface area contributed by atoms with Crippen molar-refractivity contribution in [1.82, 2.24) is 9.55 Å². The number of hydrogen-bond acceptors (Lipinski definition) is 6. The number of thiophene rings is 1. The highest BCUT2D eigenvalue weighted by Crippen LogP contribution is 2.35. The summed E-state index contributed by atoms with van der Waals surface area (Å²) in [6, 6.07) is 0. The minimum absolute atomic E-state index is 0.0557. The van der Waals surface area contributed by atoms with Crippen LogP contribution < -0.4 is 10.5 Å². The Labute approximate surface area is 154 Å². The van der Waals surface area contributed by atoms with Gasteiger partial charge < -0.3 is 14.7 Å². The number of quaternary nitrogens is 1. The molecule has 3 heterocycles. The van der Waals surface area contributed by atoms with Crippen molar-refractivity contribution >= 4 is 33.3 Å². The standard InChI is InChI=1S/C17H23N3O3S2/c1-19-16(22)14-12-3-2-4-13(12)25-15(14)18-17(19)24-10-11(21)9-20-5-7-23-8-6-20/h11,21H,2-10H2,1H3/p+1/t11-/m1/s1. The van der Waals surface area contributed by atoms with Gasteiger partial charge in [-0.3, -0.25) is 9.36 Å². The third-order valence-corrected chi connectivity index (χ3v) is 7.39. The van der Waals surface area contributed by atoms with Crippen LogP contribution in [0, 0.1) is 0 Å². The average Bonchev–Trinajstić information content (AvgIpc) is 3.18. The zero-order valence-corrected chi connectivity index (χ0v) is 16.0. The molecule has 2 aromatic rings. The summed E-state index contributed by atoms with van der Waals surface area (Å²) in [5, 5.41) is 11.9. The Balaban J connectivity index is 1.48. The van der Waals surface area contributed by atoms with Crippen LogP contribution >= 0.6 is 23.1 Å². The van der Waals surface area contributed by atoms with Crippen LogP contribution in [0.5, 0.6) is 0 Å². The second kappa shape index (κ2) is 7.36. The van der Waals surface area contributed by atoms with Gasteiger partial charge in [-0.15, -0.1) is 11.3 Å². The maximum Gasteiger partial charge on any atom is 0.262 e. The molecule has 2 aromatic heterocycles. The predicted octanol–water partition coefficient (Wildman–Crippen LogP) is -0.148. The summed E-state index contributed by atoms with van der Waals surface area (Å²) in [5.74, 6) is 0.557. The molecule has 1 fully saturated rings. The van der Waals surface area contributed by atoms with Gasteiger partial charge in [0.15, 0.2) is 5.16 Å². The van der Waals surface area contributed by atoms with Gasteiger partial charge in [0.05, 0.1) is 18.6 Å². The van der Waals surface area contributed by atoms with Crippen molar-refractivity contribution in [2.24, 2.45) is 7.05 Å². The zero-order chi connectivity index (χ0) is 17.4. The molecule has 0 aromatic carbocycles. The summed E-state index contributed by atoms with van der Waals surface area (Å²) >= 11 is 3.15. The first-order valence-electron chi connectivity index (χ1n) is 8.87. The van der Waals surface area contributed by atoms with Gasteiger partial charge in [0, 0.05) is 17.7 Å². The molecular formula is C17H24N3O3S2+. The molecule has 136 valence electrons. The number of aromatic nitrogens is 2. The van der Waals surface area contributed by atoms with Gasteiger partial charge >= 0.3 is 0 Å². The molecule has 8 heteroatoms. The number of rotatable bonds is 5. The Hall–Kier alpha value is -0.930. The second-order valence-corrected chi connectivity index (χ2v) is 8.90. The summed E-state index contributed by atoms with van der Waals surface area (Å²) in [4.78, 5) is 21.1. The lowest BCUT2D eigenvalue weighted by molar-refractivity contribution is -0.910. The number of fused-ring (bicyclic) bond motifs is 3. The van der Waals surface area contributed by atoms with Gasteiger partial charge in [-0.05, 0) is 24.8 Å². The van der Waals surface area contributed by atoms with Crippen LogP contribution in [0.4, 0.5) is 0 Å². The lowest BCUT2D eigenvalue weighted by Gasteiger charge is -2.25. The zero-order valence-electron chi connectivity index (χ0n) is 14.4. The lowest BCUT2D eigenvalue weighted by Crippen LogP contribution is -3.15. The smallest absolute Gasteiger partial charge is 0.262 e. The Bertz CT molecular complexity index is 827. The highest BCUT2D eigenvalue weighted by atomic mass is 32.2. The van der Waals surface area contributed by atoms with E-state index < -0.39 is 6.10 Å². The molecule has 1 aliphatic heterocycles. The fourth-order valence-electron chi connectivity index (χ4n) is 3.66. The maximum absolute atomic E-state index is 12.8. The Kier molecular flexibility index (Phi) is 5.15. The first-order chi connectivity index (χ1) is 12.1. The van der Waals surface area contributed by atoms with E-state index in [2.05, 4.69) is 0 Å². The number of nitrogens with one attached hydrogen (secondary N) is 1. The highest BCUT2D eigenvalue weighted by molar-refractivity contribution is 7.99. The molecule has 0 unspecified atom stereocenters. The minimum atomic E-state index is -0.404. The Morgan fingerprint density at radius 2 is 2.20 bits per heavy atom. The number of hydrogen-bond donors (Lipinski definition) is 2. The molecule has 1 saturated heterocycles. The summed E-state index contributed by atoms with van der Waals surface area (Å²) in [5.41, 5.74) is 1.28. The SMILES string of the molecule is Cn1c(SC[C@H](O)C[NH+]2CCOCC2)nc2sc3c(c2c1=O)CCC3. The Morgan fingerprint density at radius 1 is 1.40 bits per heavy atom. The summed E-state index contributed by atoms with van der Waals surface area (Å²) in [6.07, 6.45) is 2.81. The molecule has 25 heavy (non-hydrogen) atoms. The van der Waals surface area contributed by atoms with Crippen LogP contribution in [-0.4, -0.2) is 59.4 Å². The van der Waals surface area contributed by atoms with Crippen molar-refractivity contribution in [2.75, 3.05) is 38.6 Å². The molecule has 4 rings (SSSR count). The van der Waals surface area contributed by atoms with Gasteiger partial charge in [-0.2, -0.15) is 0 Å². The number of aliphatic hydroxyl groups excluding tert-OH is 1. The van der Waals surface area contributed by atoms with Gasteiger partial charge in [0.2, 0.25) is 0 Å². The van der Waals surface area contributed by atoms with Crippen molar-refractivity contribution < 1.29 is 14.7 Å². The first kappa shape index (κ1) is 17.5. The molecule has 1 aliphatic carbocycles. The van der Waals surface area contributed by atoms with Crippen LogP contribution in [0.15, 0.2) is 9.95 Å². The first-order valence-corrected chi connectivity index (χ1v) is 10.7. The predicted molar refractivity (Wildman–Crippen MR) is 100.0 cm³/mol. The number of nitrogens with zero attached hydrogens (tertiary/aromatic N) is 2. The van der Waals surface area contributed by atoms with Gasteiger partial charge in [0.25, 0.3) is 5.56 Å². The van der Waals surface area contributed by atoms with E-state index in [1.54, 1.807) is 23.0 Å². The van der Waals surface area contributed by atoms with E-state index in [-0.39, 0.29) is 5.56 Å². The van der Waals surface area contributed by atoms with E-state index in [1.807, 2.05) is 0 Å². The third kappa shape index (κ3) is 3.50. The van der Waals surface area contributed by atoms with Crippen LogP contribution in [0.25, 0.3) is 10.2 Å². The van der Waals surface area contributed by atoms with Crippen molar-refractivity contribution in [3.05, 3.63) is 20.8 Å². The quantitative estimate of drug-likeness (QED) is 0.556. The van der Waals surface area contributed by atoms with Crippen LogP contribution in [0.2, 0.25) is 0 Å². The van der Waals surface area contributed by atoms with E-state index in [4.69, 9.17) is 9.72 Å². The van der Waals surface area contributed by atoms with Crippen LogP contribution in [0.1, 0.15) is 16.9 Å². The normalized spacial score (nSPS) is 19.4. The monoisotopic (exact) mass is 382 g/mol. The largest absolute Gasteiger partial charge is 0.386 e. The second-order valence-electron chi connectivity index (χ2n) is 6.83. The summed E-state index contributed by atoms with van der Waals surface area (Å²) in [6.45, 7) is 4.16. The van der Waals surface area contributed by atoms with Crippen LogP contribution in [0.3, 0.4) is 0 Å².